The number of piperidine rings is 1. The summed E-state index contributed by atoms with van der Waals surface area (Å²) in [6.07, 6.45) is 2.93. The average Bonchev–Trinajstić information content (AvgIpc) is 2.53. The summed E-state index contributed by atoms with van der Waals surface area (Å²) >= 11 is 0. The van der Waals surface area contributed by atoms with Crippen molar-refractivity contribution in [1.29, 1.82) is 0 Å². The van der Waals surface area contributed by atoms with Gasteiger partial charge in [0.25, 0.3) is 5.91 Å². The highest BCUT2D eigenvalue weighted by atomic mass is 16.6. The smallest absolute Gasteiger partial charge is 0.408 e. The molecule has 0 unspecified atom stereocenters. The standard InChI is InChI=1S/C19H28N2O3/c1-14(20-18(23)24-19(2,3)4)15-8-10-16(11-9-15)17(22)21-12-6-5-7-13-21/h8-11,14H,5-7,12-13H2,1-4H3,(H,20,23)/t14-/m0/s1. The first kappa shape index (κ1) is 18.3. The molecule has 0 bridgehead atoms. The van der Waals surface area contributed by atoms with E-state index >= 15 is 0 Å². The molecule has 2 amide bonds. The second-order valence-electron chi connectivity index (χ2n) is 7.34. The van der Waals surface area contributed by atoms with Gasteiger partial charge in [-0.25, -0.2) is 4.79 Å². The molecule has 1 heterocycles. The van der Waals surface area contributed by atoms with E-state index < -0.39 is 11.7 Å². The monoisotopic (exact) mass is 332 g/mol. The van der Waals surface area contributed by atoms with E-state index in [0.29, 0.717) is 5.56 Å². The van der Waals surface area contributed by atoms with Gasteiger partial charge in [-0.3, -0.25) is 4.79 Å². The molecule has 1 aromatic carbocycles. The maximum absolute atomic E-state index is 12.5. The zero-order valence-electron chi connectivity index (χ0n) is 15.1. The van der Waals surface area contributed by atoms with Crippen molar-refractivity contribution >= 4 is 12.0 Å². The molecule has 1 aliphatic heterocycles. The van der Waals surface area contributed by atoms with Gasteiger partial charge in [0.15, 0.2) is 0 Å². The fourth-order valence-electron chi connectivity index (χ4n) is 2.76. The quantitative estimate of drug-likeness (QED) is 0.913. The molecule has 0 radical (unpaired) electrons. The molecule has 1 aromatic rings. The van der Waals surface area contributed by atoms with E-state index in [9.17, 15) is 9.59 Å². The largest absolute Gasteiger partial charge is 0.444 e. The molecule has 1 saturated heterocycles. The zero-order valence-corrected chi connectivity index (χ0v) is 15.1. The van der Waals surface area contributed by atoms with Crippen LogP contribution in [0, 0.1) is 0 Å². The molecule has 1 N–H and O–H groups in total. The van der Waals surface area contributed by atoms with Crippen LogP contribution in [0.2, 0.25) is 0 Å². The van der Waals surface area contributed by atoms with Crippen LogP contribution in [0.3, 0.4) is 0 Å². The van der Waals surface area contributed by atoms with Crippen LogP contribution >= 0.6 is 0 Å². The molecular formula is C19H28N2O3. The zero-order chi connectivity index (χ0) is 17.7. The molecule has 0 saturated carbocycles. The number of carbonyl (C=O) groups excluding carboxylic acids is 2. The van der Waals surface area contributed by atoms with Crippen molar-refractivity contribution in [2.45, 2.75) is 58.6 Å². The van der Waals surface area contributed by atoms with Crippen molar-refractivity contribution in [2.75, 3.05) is 13.1 Å². The summed E-state index contributed by atoms with van der Waals surface area (Å²) in [6, 6.07) is 7.26. The first-order valence-corrected chi connectivity index (χ1v) is 8.65. The van der Waals surface area contributed by atoms with Gasteiger partial charge in [0.2, 0.25) is 0 Å². The first-order chi connectivity index (χ1) is 11.3. The van der Waals surface area contributed by atoms with Crippen molar-refractivity contribution in [2.24, 2.45) is 0 Å². The van der Waals surface area contributed by atoms with Crippen LogP contribution in [0.1, 0.15) is 68.9 Å². The van der Waals surface area contributed by atoms with Gasteiger partial charge in [-0.15, -0.1) is 0 Å². The second-order valence-corrected chi connectivity index (χ2v) is 7.34. The number of rotatable bonds is 3. The second kappa shape index (κ2) is 7.69. The van der Waals surface area contributed by atoms with Gasteiger partial charge in [0.05, 0.1) is 6.04 Å². The Labute approximate surface area is 144 Å². The van der Waals surface area contributed by atoms with E-state index in [1.165, 1.54) is 6.42 Å². The summed E-state index contributed by atoms with van der Waals surface area (Å²) in [4.78, 5) is 26.2. The Morgan fingerprint density at radius 1 is 1.08 bits per heavy atom. The Kier molecular flexibility index (Phi) is 5.86. The van der Waals surface area contributed by atoms with Crippen molar-refractivity contribution < 1.29 is 14.3 Å². The molecule has 1 atom stereocenters. The lowest BCUT2D eigenvalue weighted by atomic mass is 10.0. The third-order valence-corrected chi connectivity index (χ3v) is 4.03. The summed E-state index contributed by atoms with van der Waals surface area (Å²) < 4.78 is 5.26. The number of nitrogens with zero attached hydrogens (tertiary/aromatic N) is 1. The van der Waals surface area contributed by atoms with Crippen LogP contribution in [-0.2, 0) is 4.74 Å². The Morgan fingerprint density at radius 2 is 1.67 bits per heavy atom. The molecule has 1 aliphatic rings. The summed E-state index contributed by atoms with van der Waals surface area (Å²) in [5.41, 5.74) is 1.12. The lowest BCUT2D eigenvalue weighted by Crippen LogP contribution is -2.35. The minimum absolute atomic E-state index is 0.0917. The van der Waals surface area contributed by atoms with Crippen molar-refractivity contribution in [1.82, 2.24) is 10.2 Å². The third-order valence-electron chi connectivity index (χ3n) is 4.03. The SMILES string of the molecule is C[C@H](NC(=O)OC(C)(C)C)c1ccc(C(=O)N2CCCCC2)cc1. The summed E-state index contributed by atoms with van der Waals surface area (Å²) in [6.45, 7) is 9.08. The van der Waals surface area contributed by atoms with Crippen LogP contribution in [0.4, 0.5) is 4.79 Å². The molecular weight excluding hydrogens is 304 g/mol. The number of amides is 2. The van der Waals surface area contributed by atoms with E-state index in [-0.39, 0.29) is 11.9 Å². The minimum Gasteiger partial charge on any atom is -0.444 e. The average molecular weight is 332 g/mol. The van der Waals surface area contributed by atoms with Gasteiger partial charge in [-0.1, -0.05) is 12.1 Å². The van der Waals surface area contributed by atoms with Crippen LogP contribution in [0.5, 0.6) is 0 Å². The fourth-order valence-corrected chi connectivity index (χ4v) is 2.76. The molecule has 24 heavy (non-hydrogen) atoms. The number of benzene rings is 1. The Morgan fingerprint density at radius 3 is 2.21 bits per heavy atom. The normalized spacial score (nSPS) is 16.4. The molecule has 1 fully saturated rings. The number of carbonyl (C=O) groups is 2. The number of hydrogen-bond donors (Lipinski definition) is 1. The van der Waals surface area contributed by atoms with Crippen LogP contribution in [0.25, 0.3) is 0 Å². The Hall–Kier alpha value is -2.04. The first-order valence-electron chi connectivity index (χ1n) is 8.65. The highest BCUT2D eigenvalue weighted by molar-refractivity contribution is 5.94. The fraction of sp³-hybridized carbons (Fsp3) is 0.579. The highest BCUT2D eigenvalue weighted by Crippen LogP contribution is 2.17. The lowest BCUT2D eigenvalue weighted by molar-refractivity contribution is 0.0507. The third kappa shape index (κ3) is 5.25. The predicted octanol–water partition coefficient (Wildman–Crippen LogP) is 3.90. The van der Waals surface area contributed by atoms with E-state index in [2.05, 4.69) is 5.32 Å². The molecule has 5 heteroatoms. The van der Waals surface area contributed by atoms with Gasteiger partial charge < -0.3 is 15.0 Å². The van der Waals surface area contributed by atoms with Gasteiger partial charge in [0, 0.05) is 18.7 Å². The van der Waals surface area contributed by atoms with Gasteiger partial charge in [0.1, 0.15) is 5.60 Å². The number of alkyl carbamates (subject to hydrolysis) is 1. The Bertz CT molecular complexity index is 569. The van der Waals surface area contributed by atoms with Crippen molar-refractivity contribution in [3.63, 3.8) is 0 Å². The van der Waals surface area contributed by atoms with Crippen molar-refractivity contribution in [3.8, 4) is 0 Å². The maximum atomic E-state index is 12.5. The van der Waals surface area contributed by atoms with Gasteiger partial charge in [-0.2, -0.15) is 0 Å². The molecule has 132 valence electrons. The van der Waals surface area contributed by atoms with Crippen LogP contribution in [-0.4, -0.2) is 35.6 Å². The molecule has 2 rings (SSSR count). The highest BCUT2D eigenvalue weighted by Gasteiger charge is 2.20. The number of likely N-dealkylation sites (tertiary alicyclic amines) is 1. The molecule has 0 spiro atoms. The molecule has 0 aliphatic carbocycles. The van der Waals surface area contributed by atoms with Gasteiger partial charge in [-0.05, 0) is 64.7 Å². The minimum atomic E-state index is -0.519. The van der Waals surface area contributed by atoms with E-state index in [4.69, 9.17) is 4.74 Å². The van der Waals surface area contributed by atoms with Crippen LogP contribution < -0.4 is 5.32 Å². The van der Waals surface area contributed by atoms with Gasteiger partial charge >= 0.3 is 6.09 Å². The van der Waals surface area contributed by atoms with Crippen LogP contribution in [0.15, 0.2) is 24.3 Å². The number of nitrogens with one attached hydrogen (secondary N) is 1. The summed E-state index contributed by atoms with van der Waals surface area (Å²) in [7, 11) is 0. The molecule has 0 aromatic heterocycles. The maximum Gasteiger partial charge on any atom is 0.408 e. The predicted molar refractivity (Wildman–Crippen MR) is 94.0 cm³/mol. The lowest BCUT2D eigenvalue weighted by Gasteiger charge is -2.27. The van der Waals surface area contributed by atoms with Crippen molar-refractivity contribution in [3.05, 3.63) is 35.4 Å². The number of hydrogen-bond acceptors (Lipinski definition) is 3. The number of ether oxygens (including phenoxy) is 1. The summed E-state index contributed by atoms with van der Waals surface area (Å²) in [5.74, 6) is 0.0917. The Balaban J connectivity index is 1.95. The van der Waals surface area contributed by atoms with E-state index in [1.807, 2.05) is 56.9 Å². The van der Waals surface area contributed by atoms with E-state index in [1.54, 1.807) is 0 Å². The van der Waals surface area contributed by atoms with E-state index in [0.717, 1.165) is 31.5 Å². The molecule has 5 nitrogen and oxygen atoms in total. The topological polar surface area (TPSA) is 58.6 Å². The summed E-state index contributed by atoms with van der Waals surface area (Å²) in [5, 5.41) is 2.81.